The summed E-state index contributed by atoms with van der Waals surface area (Å²) < 4.78 is 25.3. The van der Waals surface area contributed by atoms with E-state index in [2.05, 4.69) is 10.0 Å². The molecular weight excluding hydrogens is 304 g/mol. The third-order valence-electron chi connectivity index (χ3n) is 3.93. The van der Waals surface area contributed by atoms with E-state index in [0.29, 0.717) is 12.1 Å². The van der Waals surface area contributed by atoms with Crippen molar-refractivity contribution in [1.82, 2.24) is 10.0 Å². The van der Waals surface area contributed by atoms with Crippen LogP contribution in [0.5, 0.6) is 0 Å². The molecular formula is C15H22N2O4S. The molecule has 6 nitrogen and oxygen atoms in total. The van der Waals surface area contributed by atoms with Crippen molar-refractivity contribution in [3.05, 3.63) is 35.9 Å². The largest absolute Gasteiger partial charge is 0.378 e. The number of amides is 1. The number of hydrogen-bond donors (Lipinski definition) is 3. The Bertz CT molecular complexity index is 603. The Kier molecular flexibility index (Phi) is 5.55. The van der Waals surface area contributed by atoms with Crippen LogP contribution in [0.15, 0.2) is 30.3 Å². The average Bonchev–Trinajstić information content (AvgIpc) is 2.90. The highest BCUT2D eigenvalue weighted by molar-refractivity contribution is 7.88. The fourth-order valence-corrected chi connectivity index (χ4v) is 3.69. The Balaban J connectivity index is 1.88. The molecule has 1 aliphatic carbocycles. The summed E-state index contributed by atoms with van der Waals surface area (Å²) in [5.41, 5.74) is 0.539. The van der Waals surface area contributed by atoms with Gasteiger partial charge in [-0.1, -0.05) is 36.8 Å². The second-order valence-electron chi connectivity index (χ2n) is 5.75. The molecule has 0 aromatic heterocycles. The van der Waals surface area contributed by atoms with Crippen molar-refractivity contribution in [3.8, 4) is 0 Å². The van der Waals surface area contributed by atoms with Crippen LogP contribution in [0, 0.1) is 5.92 Å². The van der Waals surface area contributed by atoms with Crippen molar-refractivity contribution >= 4 is 15.9 Å². The summed E-state index contributed by atoms with van der Waals surface area (Å²) in [5, 5.41) is 12.7. The van der Waals surface area contributed by atoms with E-state index in [1.165, 1.54) is 0 Å². The molecule has 0 saturated heterocycles. The molecule has 2 rings (SSSR count). The van der Waals surface area contributed by atoms with Gasteiger partial charge in [-0.3, -0.25) is 4.79 Å². The monoisotopic (exact) mass is 326 g/mol. The van der Waals surface area contributed by atoms with Crippen LogP contribution in [0.1, 0.15) is 30.9 Å². The molecule has 1 aliphatic rings. The fourth-order valence-electron chi connectivity index (χ4n) is 2.83. The highest BCUT2D eigenvalue weighted by Crippen LogP contribution is 2.25. The molecule has 3 N–H and O–H groups in total. The highest BCUT2D eigenvalue weighted by atomic mass is 32.2. The summed E-state index contributed by atoms with van der Waals surface area (Å²) in [5.74, 6) is -0.405. The third kappa shape index (κ3) is 4.79. The zero-order valence-electron chi connectivity index (χ0n) is 12.5. The van der Waals surface area contributed by atoms with Crippen molar-refractivity contribution in [3.63, 3.8) is 0 Å². The predicted octanol–water partition coefficient (Wildman–Crippen LogP) is 0.554. The van der Waals surface area contributed by atoms with Crippen LogP contribution in [0.2, 0.25) is 0 Å². The lowest BCUT2D eigenvalue weighted by Crippen LogP contribution is -2.42. The predicted molar refractivity (Wildman–Crippen MR) is 83.5 cm³/mol. The van der Waals surface area contributed by atoms with Crippen molar-refractivity contribution in [2.75, 3.05) is 12.8 Å². The topological polar surface area (TPSA) is 95.5 Å². The summed E-state index contributed by atoms with van der Waals surface area (Å²) in [6.45, 7) is 0.357. The lowest BCUT2D eigenvalue weighted by atomic mass is 10.0. The fraction of sp³-hybridized carbons (Fsp3) is 0.533. The van der Waals surface area contributed by atoms with Gasteiger partial charge in [-0.25, -0.2) is 13.1 Å². The zero-order valence-corrected chi connectivity index (χ0v) is 13.3. The van der Waals surface area contributed by atoms with Crippen LogP contribution in [0.25, 0.3) is 0 Å². The SMILES string of the molecule is CS(=O)(=O)N[C@@H]1CCC[C@H]1CNC(=O)[C@H](O)c1ccccc1. The Morgan fingerprint density at radius 1 is 1.32 bits per heavy atom. The normalized spacial score (nSPS) is 23.2. The van der Waals surface area contributed by atoms with Gasteiger partial charge in [0.2, 0.25) is 10.0 Å². The molecule has 22 heavy (non-hydrogen) atoms. The standard InChI is InChI=1S/C15H22N2O4S/c1-22(20,21)17-13-9-5-8-12(13)10-16-15(19)14(18)11-6-3-2-4-7-11/h2-4,6-7,12-14,17-18H,5,8-10H2,1H3,(H,16,19)/t12-,13+,14+/m0/s1. The Labute approximate surface area is 131 Å². The molecule has 122 valence electrons. The molecule has 1 amide bonds. The minimum absolute atomic E-state index is 0.0571. The smallest absolute Gasteiger partial charge is 0.253 e. The highest BCUT2D eigenvalue weighted by Gasteiger charge is 2.30. The number of carbonyl (C=O) groups is 1. The maximum Gasteiger partial charge on any atom is 0.253 e. The number of rotatable bonds is 6. The van der Waals surface area contributed by atoms with E-state index in [1.807, 2.05) is 6.07 Å². The van der Waals surface area contributed by atoms with Gasteiger partial charge in [-0.15, -0.1) is 0 Å². The molecule has 3 atom stereocenters. The zero-order chi connectivity index (χ0) is 16.2. The molecule has 1 aromatic rings. The first kappa shape index (κ1) is 16.9. The van der Waals surface area contributed by atoms with Gasteiger partial charge in [0, 0.05) is 12.6 Å². The lowest BCUT2D eigenvalue weighted by Gasteiger charge is -2.21. The van der Waals surface area contributed by atoms with Crippen LogP contribution >= 0.6 is 0 Å². The van der Waals surface area contributed by atoms with Crippen LogP contribution in [0.4, 0.5) is 0 Å². The summed E-state index contributed by atoms with van der Waals surface area (Å²) in [6.07, 6.45) is 2.49. The van der Waals surface area contributed by atoms with Crippen LogP contribution < -0.4 is 10.0 Å². The van der Waals surface area contributed by atoms with Gasteiger partial charge in [-0.2, -0.15) is 0 Å². The number of aliphatic hydroxyl groups excluding tert-OH is 1. The van der Waals surface area contributed by atoms with Gasteiger partial charge in [0.15, 0.2) is 6.10 Å². The summed E-state index contributed by atoms with van der Waals surface area (Å²) in [4.78, 5) is 12.0. The first-order chi connectivity index (χ1) is 10.4. The Morgan fingerprint density at radius 3 is 2.64 bits per heavy atom. The first-order valence-electron chi connectivity index (χ1n) is 7.35. The molecule has 0 radical (unpaired) electrons. The molecule has 1 fully saturated rings. The molecule has 1 aromatic carbocycles. The van der Waals surface area contributed by atoms with E-state index in [0.717, 1.165) is 25.5 Å². The minimum Gasteiger partial charge on any atom is -0.378 e. The third-order valence-corrected chi connectivity index (χ3v) is 4.66. The van der Waals surface area contributed by atoms with E-state index in [1.54, 1.807) is 24.3 Å². The van der Waals surface area contributed by atoms with Gasteiger partial charge in [0.25, 0.3) is 5.91 Å². The van der Waals surface area contributed by atoms with Gasteiger partial charge < -0.3 is 10.4 Å². The van der Waals surface area contributed by atoms with E-state index in [4.69, 9.17) is 0 Å². The second kappa shape index (κ2) is 7.21. The van der Waals surface area contributed by atoms with Gasteiger partial charge in [-0.05, 0) is 24.3 Å². The van der Waals surface area contributed by atoms with Crippen LogP contribution in [-0.2, 0) is 14.8 Å². The van der Waals surface area contributed by atoms with Gasteiger partial charge in [0.1, 0.15) is 0 Å². The summed E-state index contributed by atoms with van der Waals surface area (Å²) >= 11 is 0. The number of aliphatic hydroxyl groups is 1. The van der Waals surface area contributed by atoms with Crippen LogP contribution in [0.3, 0.4) is 0 Å². The second-order valence-corrected chi connectivity index (χ2v) is 7.53. The number of sulfonamides is 1. The van der Waals surface area contributed by atoms with Gasteiger partial charge >= 0.3 is 0 Å². The molecule has 0 spiro atoms. The van der Waals surface area contributed by atoms with E-state index < -0.39 is 22.0 Å². The van der Waals surface area contributed by atoms with Crippen LogP contribution in [-0.4, -0.2) is 38.3 Å². The Morgan fingerprint density at radius 2 is 2.00 bits per heavy atom. The molecule has 0 aliphatic heterocycles. The molecule has 0 heterocycles. The number of nitrogens with one attached hydrogen (secondary N) is 2. The molecule has 0 bridgehead atoms. The first-order valence-corrected chi connectivity index (χ1v) is 9.24. The van der Waals surface area contributed by atoms with E-state index >= 15 is 0 Å². The van der Waals surface area contributed by atoms with Crippen molar-refractivity contribution in [2.24, 2.45) is 5.92 Å². The minimum atomic E-state index is -3.25. The average molecular weight is 326 g/mol. The van der Waals surface area contributed by atoms with Crippen molar-refractivity contribution in [2.45, 2.75) is 31.4 Å². The molecule has 7 heteroatoms. The molecule has 1 saturated carbocycles. The summed E-state index contributed by atoms with van der Waals surface area (Å²) in [6, 6.07) is 8.56. The van der Waals surface area contributed by atoms with E-state index in [-0.39, 0.29) is 12.0 Å². The van der Waals surface area contributed by atoms with Crippen molar-refractivity contribution in [1.29, 1.82) is 0 Å². The Hall–Kier alpha value is -1.44. The number of benzene rings is 1. The number of hydrogen-bond acceptors (Lipinski definition) is 4. The van der Waals surface area contributed by atoms with Crippen molar-refractivity contribution < 1.29 is 18.3 Å². The maximum absolute atomic E-state index is 12.0. The lowest BCUT2D eigenvalue weighted by molar-refractivity contribution is -0.129. The van der Waals surface area contributed by atoms with Gasteiger partial charge in [0.05, 0.1) is 6.26 Å². The summed E-state index contributed by atoms with van der Waals surface area (Å²) in [7, 11) is -3.25. The number of carbonyl (C=O) groups excluding carboxylic acids is 1. The molecule has 0 unspecified atom stereocenters. The maximum atomic E-state index is 12.0. The quantitative estimate of drug-likeness (QED) is 0.711. The van der Waals surface area contributed by atoms with E-state index in [9.17, 15) is 18.3 Å².